The van der Waals surface area contributed by atoms with Crippen LogP contribution in [0.15, 0.2) is 0 Å². The zero-order valence-corrected chi connectivity index (χ0v) is 11.7. The van der Waals surface area contributed by atoms with E-state index in [2.05, 4.69) is 17.1 Å². The summed E-state index contributed by atoms with van der Waals surface area (Å²) in [5, 5.41) is 3.47. The van der Waals surface area contributed by atoms with E-state index >= 15 is 0 Å². The Hall–Kier alpha value is 0.130. The fourth-order valence-corrected chi connectivity index (χ4v) is 2.33. The number of likely N-dealkylation sites (N-methyl/N-ethyl adjacent to an activating group) is 1. The standard InChI is InChI=1S/C12H25ClN2O2/c1-3-15-6-7-17-12(9-15)8-14-11(4-5-13)10-16-2/h11-12,14H,3-10H2,1-2H3. The minimum Gasteiger partial charge on any atom is -0.383 e. The van der Waals surface area contributed by atoms with Gasteiger partial charge in [-0.25, -0.2) is 0 Å². The van der Waals surface area contributed by atoms with Crippen molar-refractivity contribution < 1.29 is 9.47 Å². The van der Waals surface area contributed by atoms with Gasteiger partial charge in [0.2, 0.25) is 0 Å². The van der Waals surface area contributed by atoms with Gasteiger partial charge in [0.1, 0.15) is 0 Å². The van der Waals surface area contributed by atoms with Gasteiger partial charge in [-0.3, -0.25) is 4.90 Å². The van der Waals surface area contributed by atoms with Crippen LogP contribution in [0.3, 0.4) is 0 Å². The summed E-state index contributed by atoms with van der Waals surface area (Å²) >= 11 is 5.76. The molecule has 0 bridgehead atoms. The van der Waals surface area contributed by atoms with Crippen molar-refractivity contribution in [2.45, 2.75) is 25.5 Å². The highest BCUT2D eigenvalue weighted by atomic mass is 35.5. The highest BCUT2D eigenvalue weighted by Crippen LogP contribution is 2.05. The van der Waals surface area contributed by atoms with Crippen molar-refractivity contribution in [3.63, 3.8) is 0 Å². The Balaban J connectivity index is 2.22. The second kappa shape index (κ2) is 9.11. The van der Waals surface area contributed by atoms with Crippen LogP contribution in [0.1, 0.15) is 13.3 Å². The normalized spacial score (nSPS) is 23.8. The second-order valence-electron chi connectivity index (χ2n) is 4.42. The monoisotopic (exact) mass is 264 g/mol. The van der Waals surface area contributed by atoms with Gasteiger partial charge in [0.05, 0.1) is 19.3 Å². The van der Waals surface area contributed by atoms with Crippen molar-refractivity contribution in [1.29, 1.82) is 0 Å². The van der Waals surface area contributed by atoms with Crippen LogP contribution in [-0.2, 0) is 9.47 Å². The lowest BCUT2D eigenvalue weighted by molar-refractivity contribution is -0.0273. The largest absolute Gasteiger partial charge is 0.383 e. The van der Waals surface area contributed by atoms with Crippen LogP contribution < -0.4 is 5.32 Å². The SMILES string of the molecule is CCN1CCOC(CNC(CCCl)COC)C1. The first-order valence-electron chi connectivity index (χ1n) is 6.42. The van der Waals surface area contributed by atoms with Crippen LogP contribution in [0.25, 0.3) is 0 Å². The van der Waals surface area contributed by atoms with E-state index in [1.54, 1.807) is 7.11 Å². The topological polar surface area (TPSA) is 33.7 Å². The molecular formula is C12H25ClN2O2. The third-order valence-corrected chi connectivity index (χ3v) is 3.35. The molecule has 0 saturated carbocycles. The number of hydrogen-bond donors (Lipinski definition) is 1. The third kappa shape index (κ3) is 6.02. The van der Waals surface area contributed by atoms with Crippen molar-refractivity contribution >= 4 is 11.6 Å². The molecule has 0 aromatic heterocycles. The maximum Gasteiger partial charge on any atom is 0.0826 e. The minimum absolute atomic E-state index is 0.290. The molecule has 1 saturated heterocycles. The van der Waals surface area contributed by atoms with E-state index in [1.807, 2.05) is 0 Å². The molecule has 0 amide bonds. The number of morpholine rings is 1. The maximum atomic E-state index is 5.76. The van der Waals surface area contributed by atoms with E-state index in [0.717, 1.165) is 39.2 Å². The number of methoxy groups -OCH3 is 1. The van der Waals surface area contributed by atoms with Gasteiger partial charge >= 0.3 is 0 Å². The fourth-order valence-electron chi connectivity index (χ4n) is 2.07. The van der Waals surface area contributed by atoms with Gasteiger partial charge in [0.25, 0.3) is 0 Å². The average molecular weight is 265 g/mol. The van der Waals surface area contributed by atoms with E-state index in [4.69, 9.17) is 21.1 Å². The molecule has 0 radical (unpaired) electrons. The first-order valence-corrected chi connectivity index (χ1v) is 6.95. The fraction of sp³-hybridized carbons (Fsp3) is 1.00. The predicted molar refractivity (Wildman–Crippen MR) is 70.9 cm³/mol. The van der Waals surface area contributed by atoms with Crippen LogP contribution in [0.2, 0.25) is 0 Å². The lowest BCUT2D eigenvalue weighted by Crippen LogP contribution is -2.48. The van der Waals surface area contributed by atoms with E-state index in [0.29, 0.717) is 24.6 Å². The first-order chi connectivity index (χ1) is 8.30. The smallest absolute Gasteiger partial charge is 0.0826 e. The molecule has 1 aliphatic heterocycles. The predicted octanol–water partition coefficient (Wildman–Crippen LogP) is 0.941. The Labute approximate surface area is 110 Å². The molecule has 1 heterocycles. The molecule has 2 atom stereocenters. The summed E-state index contributed by atoms with van der Waals surface area (Å²) in [6, 6.07) is 0.332. The summed E-state index contributed by atoms with van der Waals surface area (Å²) in [4.78, 5) is 2.42. The molecule has 2 unspecified atom stereocenters. The van der Waals surface area contributed by atoms with Crippen LogP contribution in [-0.4, -0.2) is 69.4 Å². The summed E-state index contributed by atoms with van der Waals surface area (Å²) < 4.78 is 10.9. The van der Waals surface area contributed by atoms with Gasteiger partial charge in [-0.15, -0.1) is 11.6 Å². The van der Waals surface area contributed by atoms with E-state index in [9.17, 15) is 0 Å². The van der Waals surface area contributed by atoms with Gasteiger partial charge in [0.15, 0.2) is 0 Å². The lowest BCUT2D eigenvalue weighted by atomic mass is 10.2. The van der Waals surface area contributed by atoms with Gasteiger partial charge in [-0.2, -0.15) is 0 Å². The third-order valence-electron chi connectivity index (χ3n) is 3.13. The Kier molecular flexibility index (Phi) is 8.14. The number of ether oxygens (including phenoxy) is 2. The number of nitrogens with one attached hydrogen (secondary N) is 1. The molecule has 102 valence electrons. The lowest BCUT2D eigenvalue weighted by Gasteiger charge is -2.33. The van der Waals surface area contributed by atoms with E-state index < -0.39 is 0 Å². The molecule has 4 nitrogen and oxygen atoms in total. The number of nitrogens with zero attached hydrogens (tertiary/aromatic N) is 1. The molecule has 5 heteroatoms. The number of halogens is 1. The van der Waals surface area contributed by atoms with Crippen molar-refractivity contribution in [3.8, 4) is 0 Å². The van der Waals surface area contributed by atoms with Crippen molar-refractivity contribution in [2.24, 2.45) is 0 Å². The van der Waals surface area contributed by atoms with Crippen molar-refractivity contribution in [1.82, 2.24) is 10.2 Å². The molecule has 0 aromatic carbocycles. The molecule has 0 aromatic rings. The summed E-state index contributed by atoms with van der Waals surface area (Å²) in [7, 11) is 1.72. The van der Waals surface area contributed by atoms with Crippen LogP contribution in [0.4, 0.5) is 0 Å². The highest BCUT2D eigenvalue weighted by Gasteiger charge is 2.20. The summed E-state index contributed by atoms with van der Waals surface area (Å²) in [6.45, 7) is 7.78. The molecule has 1 aliphatic rings. The Bertz CT molecular complexity index is 189. The summed E-state index contributed by atoms with van der Waals surface area (Å²) in [6.07, 6.45) is 1.22. The molecule has 0 aliphatic carbocycles. The van der Waals surface area contributed by atoms with Gasteiger partial charge in [0, 0.05) is 38.7 Å². The quantitative estimate of drug-likeness (QED) is 0.662. The molecule has 0 spiro atoms. The Morgan fingerprint density at radius 3 is 3.06 bits per heavy atom. The van der Waals surface area contributed by atoms with Gasteiger partial charge < -0.3 is 14.8 Å². The van der Waals surface area contributed by atoms with E-state index in [1.165, 1.54) is 0 Å². The molecule has 17 heavy (non-hydrogen) atoms. The number of alkyl halides is 1. The molecule has 1 N–H and O–H groups in total. The summed E-state index contributed by atoms with van der Waals surface area (Å²) in [5.41, 5.74) is 0. The number of rotatable bonds is 8. The Morgan fingerprint density at radius 1 is 1.59 bits per heavy atom. The second-order valence-corrected chi connectivity index (χ2v) is 4.80. The molecule has 1 rings (SSSR count). The van der Waals surface area contributed by atoms with Crippen LogP contribution in [0.5, 0.6) is 0 Å². The van der Waals surface area contributed by atoms with Crippen LogP contribution >= 0.6 is 11.6 Å². The average Bonchev–Trinajstić information content (AvgIpc) is 2.37. The van der Waals surface area contributed by atoms with Crippen molar-refractivity contribution in [3.05, 3.63) is 0 Å². The first kappa shape index (κ1) is 15.2. The highest BCUT2D eigenvalue weighted by molar-refractivity contribution is 6.17. The zero-order chi connectivity index (χ0) is 12.5. The molecule has 1 fully saturated rings. The van der Waals surface area contributed by atoms with E-state index in [-0.39, 0.29) is 0 Å². The maximum absolute atomic E-state index is 5.76. The summed E-state index contributed by atoms with van der Waals surface area (Å²) in [5.74, 6) is 0.660. The molecular weight excluding hydrogens is 240 g/mol. The van der Waals surface area contributed by atoms with Crippen LogP contribution in [0, 0.1) is 0 Å². The zero-order valence-electron chi connectivity index (χ0n) is 11.0. The Morgan fingerprint density at radius 2 is 2.41 bits per heavy atom. The minimum atomic E-state index is 0.290. The van der Waals surface area contributed by atoms with Gasteiger partial charge in [-0.05, 0) is 13.0 Å². The number of hydrogen-bond acceptors (Lipinski definition) is 4. The van der Waals surface area contributed by atoms with Gasteiger partial charge in [-0.1, -0.05) is 6.92 Å². The van der Waals surface area contributed by atoms with Crippen molar-refractivity contribution in [2.75, 3.05) is 52.4 Å².